The highest BCUT2D eigenvalue weighted by Gasteiger charge is 2.67. The molecule has 7 atom stereocenters. The first-order valence-corrected chi connectivity index (χ1v) is 11.2. The number of anilines is 1. The number of carbonyl (C=O) groups excluding carboxylic acids is 1. The van der Waals surface area contributed by atoms with Gasteiger partial charge in [-0.3, -0.25) is 4.79 Å². The van der Waals surface area contributed by atoms with Crippen molar-refractivity contribution in [2.24, 2.45) is 23.7 Å². The summed E-state index contributed by atoms with van der Waals surface area (Å²) in [4.78, 5) is 12.8. The number of fused-ring (bicyclic) bond motifs is 5. The molecule has 2 bridgehead atoms. The number of halogens is 1. The van der Waals surface area contributed by atoms with Gasteiger partial charge in [0.15, 0.2) is 0 Å². The zero-order valence-corrected chi connectivity index (χ0v) is 18.1. The molecule has 2 aromatic rings. The summed E-state index contributed by atoms with van der Waals surface area (Å²) in [5.41, 5.74) is 2.84. The summed E-state index contributed by atoms with van der Waals surface area (Å²) in [5, 5.41) is 15.9. The lowest BCUT2D eigenvalue weighted by Crippen LogP contribution is -2.51. The number of piperidine rings is 1. The van der Waals surface area contributed by atoms with Crippen molar-refractivity contribution in [1.82, 2.24) is 10.6 Å². The fourth-order valence-electron chi connectivity index (χ4n) is 5.88. The Hall–Kier alpha value is -2.56. The summed E-state index contributed by atoms with van der Waals surface area (Å²) >= 11 is 4.05. The summed E-state index contributed by atoms with van der Waals surface area (Å²) in [7, 11) is 0. The van der Waals surface area contributed by atoms with E-state index in [4.69, 9.17) is 0 Å². The fourth-order valence-corrected chi connectivity index (χ4v) is 6.02. The molecule has 3 aliphatic rings. The van der Waals surface area contributed by atoms with Gasteiger partial charge in [0, 0.05) is 18.2 Å². The molecule has 1 heterocycles. The van der Waals surface area contributed by atoms with Gasteiger partial charge in [0.2, 0.25) is 5.91 Å². The average Bonchev–Trinajstić information content (AvgIpc) is 3.12. The van der Waals surface area contributed by atoms with Crippen LogP contribution in [0, 0.1) is 40.8 Å². The molecule has 2 saturated carbocycles. The van der Waals surface area contributed by atoms with Gasteiger partial charge in [-0.15, -0.1) is 0 Å². The summed E-state index contributed by atoms with van der Waals surface area (Å²) in [5.74, 6) is 1.90. The molecule has 1 saturated heterocycles. The Morgan fingerprint density at radius 1 is 1.29 bits per heavy atom. The highest BCUT2D eigenvalue weighted by Crippen LogP contribution is 2.64. The summed E-state index contributed by atoms with van der Waals surface area (Å²) in [6, 6.07) is 14.1. The van der Waals surface area contributed by atoms with Crippen molar-refractivity contribution < 1.29 is 9.18 Å². The third-order valence-electron chi connectivity index (χ3n) is 7.38. The third kappa shape index (κ3) is 3.58. The van der Waals surface area contributed by atoms with E-state index in [2.05, 4.69) is 41.2 Å². The van der Waals surface area contributed by atoms with Crippen LogP contribution in [0.3, 0.4) is 0 Å². The van der Waals surface area contributed by atoms with E-state index < -0.39 is 6.04 Å². The molecule has 31 heavy (non-hydrogen) atoms. The number of benzene rings is 2. The van der Waals surface area contributed by atoms with Crippen molar-refractivity contribution in [1.29, 1.82) is 5.26 Å². The van der Waals surface area contributed by atoms with Crippen LogP contribution >= 0.6 is 12.8 Å². The van der Waals surface area contributed by atoms with E-state index in [0.717, 1.165) is 29.2 Å². The number of nitrogens with one attached hydrogen (secondary N) is 3. The summed E-state index contributed by atoms with van der Waals surface area (Å²) in [6.07, 6.45) is 1.19. The molecule has 5 nitrogen and oxygen atoms in total. The van der Waals surface area contributed by atoms with Gasteiger partial charge in [-0.05, 0) is 65.0 Å². The Labute approximate surface area is 187 Å². The van der Waals surface area contributed by atoms with Crippen molar-refractivity contribution >= 4 is 24.4 Å². The number of hydrogen-bond donors (Lipinski definition) is 4. The molecule has 3 fully saturated rings. The predicted molar refractivity (Wildman–Crippen MR) is 121 cm³/mol. The quantitative estimate of drug-likeness (QED) is 0.523. The molecule has 0 radical (unpaired) electrons. The highest BCUT2D eigenvalue weighted by molar-refractivity contribution is 7.81. The molecular formula is C24H25FN4OS. The minimum atomic E-state index is -0.766. The second kappa shape index (κ2) is 7.85. The standard InChI is InChI=1S/C24H25FN4OS/c1-12-21-18-10-20(22(12)21)28-23(18)24(30)27-17(11-26)8-15-6-5-14(9-19(15)25)13-3-2-4-16(7-13)29-31/h2-7,9,12,17-18,20-23,28-29,31H,8,10H2,1H3,(H,27,30)/t12?,17-,18?,20?,21?,22?,23?/m0/s1. The number of carbonyl (C=O) groups is 1. The van der Waals surface area contributed by atoms with Gasteiger partial charge in [0.05, 0.1) is 12.1 Å². The van der Waals surface area contributed by atoms with Crippen LogP contribution in [0.15, 0.2) is 42.5 Å². The van der Waals surface area contributed by atoms with E-state index in [9.17, 15) is 14.4 Å². The minimum absolute atomic E-state index is 0.135. The van der Waals surface area contributed by atoms with Crippen LogP contribution in [-0.2, 0) is 11.2 Å². The summed E-state index contributed by atoms with van der Waals surface area (Å²) < 4.78 is 17.6. The lowest BCUT2D eigenvalue weighted by molar-refractivity contribution is -0.124. The molecule has 2 aliphatic carbocycles. The van der Waals surface area contributed by atoms with Crippen LogP contribution < -0.4 is 15.4 Å². The van der Waals surface area contributed by atoms with Crippen LogP contribution in [-0.4, -0.2) is 24.0 Å². The first-order valence-electron chi connectivity index (χ1n) is 10.7. The van der Waals surface area contributed by atoms with Crippen molar-refractivity contribution in [3.8, 4) is 17.2 Å². The van der Waals surface area contributed by atoms with Crippen LogP contribution in [0.5, 0.6) is 0 Å². The van der Waals surface area contributed by atoms with Gasteiger partial charge >= 0.3 is 0 Å². The van der Waals surface area contributed by atoms with E-state index in [1.165, 1.54) is 6.07 Å². The van der Waals surface area contributed by atoms with Crippen molar-refractivity contribution in [2.45, 2.75) is 37.9 Å². The second-order valence-electron chi connectivity index (χ2n) is 9.06. The van der Waals surface area contributed by atoms with Crippen molar-refractivity contribution in [3.05, 3.63) is 53.8 Å². The van der Waals surface area contributed by atoms with Crippen molar-refractivity contribution in [2.75, 3.05) is 4.72 Å². The first kappa shape index (κ1) is 20.3. The minimum Gasteiger partial charge on any atom is -0.339 e. The van der Waals surface area contributed by atoms with Crippen LogP contribution in [0.4, 0.5) is 10.1 Å². The average molecular weight is 437 g/mol. The second-order valence-corrected chi connectivity index (χ2v) is 9.28. The Morgan fingerprint density at radius 2 is 2.10 bits per heavy atom. The van der Waals surface area contributed by atoms with Crippen LogP contribution in [0.2, 0.25) is 0 Å². The Kier molecular flexibility index (Phi) is 5.15. The van der Waals surface area contributed by atoms with Gasteiger partial charge in [0.1, 0.15) is 11.9 Å². The van der Waals surface area contributed by atoms with Gasteiger partial charge in [-0.2, -0.15) is 5.26 Å². The van der Waals surface area contributed by atoms with E-state index in [0.29, 0.717) is 29.4 Å². The largest absolute Gasteiger partial charge is 0.339 e. The maximum Gasteiger partial charge on any atom is 0.238 e. The predicted octanol–water partition coefficient (Wildman–Crippen LogP) is 3.54. The topological polar surface area (TPSA) is 77.0 Å². The molecule has 1 amide bonds. The molecule has 2 aromatic carbocycles. The lowest BCUT2D eigenvalue weighted by atomic mass is 9.94. The lowest BCUT2D eigenvalue weighted by Gasteiger charge is -2.23. The molecule has 3 N–H and O–H groups in total. The molecule has 160 valence electrons. The molecule has 1 aliphatic heterocycles. The monoisotopic (exact) mass is 436 g/mol. The Balaban J connectivity index is 1.25. The van der Waals surface area contributed by atoms with E-state index in [-0.39, 0.29) is 24.2 Å². The molecule has 7 heteroatoms. The van der Waals surface area contributed by atoms with E-state index in [1.54, 1.807) is 6.07 Å². The summed E-state index contributed by atoms with van der Waals surface area (Å²) in [6.45, 7) is 2.26. The third-order valence-corrected chi connectivity index (χ3v) is 7.64. The van der Waals surface area contributed by atoms with Gasteiger partial charge < -0.3 is 15.4 Å². The number of nitrogens with zero attached hydrogens (tertiary/aromatic N) is 1. The molecule has 6 unspecified atom stereocenters. The Morgan fingerprint density at radius 3 is 2.81 bits per heavy atom. The van der Waals surface area contributed by atoms with Crippen molar-refractivity contribution in [3.63, 3.8) is 0 Å². The number of hydrogen-bond acceptors (Lipinski definition) is 5. The highest BCUT2D eigenvalue weighted by atomic mass is 32.1. The Bertz CT molecular complexity index is 1070. The SMILES string of the molecule is CC1C2C3CC(C(C(=O)N[C@H](C#N)Cc4ccc(-c5cccc(NS)c5)cc4F)N3)C12. The first-order chi connectivity index (χ1) is 15.0. The zero-order valence-electron chi connectivity index (χ0n) is 17.2. The fraction of sp³-hybridized carbons (Fsp3) is 0.417. The number of nitriles is 1. The maximum atomic E-state index is 14.8. The van der Waals surface area contributed by atoms with Gasteiger partial charge in [0.25, 0.3) is 0 Å². The zero-order chi connectivity index (χ0) is 21.7. The van der Waals surface area contributed by atoms with E-state index in [1.807, 2.05) is 30.3 Å². The number of amides is 1. The van der Waals surface area contributed by atoms with Gasteiger partial charge in [-0.25, -0.2) is 4.39 Å². The normalized spacial score (nSPS) is 30.9. The maximum absolute atomic E-state index is 14.8. The molecule has 0 spiro atoms. The smallest absolute Gasteiger partial charge is 0.238 e. The van der Waals surface area contributed by atoms with Gasteiger partial charge in [-0.1, -0.05) is 44.0 Å². The number of thiol groups is 1. The van der Waals surface area contributed by atoms with Crippen LogP contribution in [0.1, 0.15) is 18.9 Å². The van der Waals surface area contributed by atoms with Crippen LogP contribution in [0.25, 0.3) is 11.1 Å². The molecule has 0 aromatic heterocycles. The molecular weight excluding hydrogens is 411 g/mol. The molecule has 5 rings (SSSR count). The number of rotatable bonds is 6. The van der Waals surface area contributed by atoms with E-state index >= 15 is 0 Å².